The van der Waals surface area contributed by atoms with Crippen molar-refractivity contribution >= 4 is 22.8 Å². The van der Waals surface area contributed by atoms with Crippen LogP contribution in [-0.4, -0.2) is 22.7 Å². The van der Waals surface area contributed by atoms with E-state index in [1.165, 1.54) is 5.56 Å². The Morgan fingerprint density at radius 2 is 1.48 bits per heavy atom. The smallest absolute Gasteiger partial charge is 0.324 e. The van der Waals surface area contributed by atoms with Gasteiger partial charge < -0.3 is 14.5 Å². The van der Waals surface area contributed by atoms with Crippen molar-refractivity contribution in [2.24, 2.45) is 5.92 Å². The molecule has 0 aliphatic carbocycles. The summed E-state index contributed by atoms with van der Waals surface area (Å²) < 4.78 is 10.9. The Kier molecular flexibility index (Phi) is 4.69. The van der Waals surface area contributed by atoms with Crippen molar-refractivity contribution < 1.29 is 19.1 Å². The quantitative estimate of drug-likeness (QED) is 0.509. The molecule has 5 nitrogen and oxygen atoms in total. The van der Waals surface area contributed by atoms with E-state index in [1.54, 1.807) is 13.8 Å². The predicted molar refractivity (Wildman–Crippen MR) is 110 cm³/mol. The monoisotopic (exact) mass is 391 g/mol. The molecule has 150 valence electrons. The summed E-state index contributed by atoms with van der Waals surface area (Å²) in [4.78, 5) is 29.1. The van der Waals surface area contributed by atoms with Gasteiger partial charge in [-0.05, 0) is 28.7 Å². The number of para-hydroxylation sites is 1. The molecule has 2 heterocycles. The minimum Gasteiger partial charge on any atom is -0.422 e. The number of aromatic amines is 1. The number of carbonyl (C=O) groups is 2. The normalized spacial score (nSPS) is 18.0. The van der Waals surface area contributed by atoms with Crippen LogP contribution in [0.4, 0.5) is 0 Å². The van der Waals surface area contributed by atoms with Gasteiger partial charge in [0.25, 0.3) is 5.79 Å². The van der Waals surface area contributed by atoms with E-state index in [2.05, 4.69) is 18.8 Å². The first-order valence-electron chi connectivity index (χ1n) is 9.88. The molecule has 0 bridgehead atoms. The van der Waals surface area contributed by atoms with Crippen LogP contribution in [-0.2, 0) is 19.1 Å². The number of nitrogens with one attached hydrogen (secondary N) is 1. The molecule has 1 saturated heterocycles. The molecule has 2 aromatic carbocycles. The van der Waals surface area contributed by atoms with E-state index in [-0.39, 0.29) is 0 Å². The minimum absolute atomic E-state index is 0.390. The summed E-state index contributed by atoms with van der Waals surface area (Å²) in [5.41, 5.74) is 3.89. The van der Waals surface area contributed by atoms with Gasteiger partial charge in [0.1, 0.15) is 0 Å². The molecule has 29 heavy (non-hydrogen) atoms. The topological polar surface area (TPSA) is 68.4 Å². The fourth-order valence-corrected chi connectivity index (χ4v) is 3.99. The third-order valence-electron chi connectivity index (χ3n) is 5.45. The van der Waals surface area contributed by atoms with Crippen molar-refractivity contribution in [3.63, 3.8) is 0 Å². The van der Waals surface area contributed by atoms with E-state index in [0.717, 1.165) is 22.0 Å². The fraction of sp³-hybridized carbons (Fsp3) is 0.333. The van der Waals surface area contributed by atoms with E-state index in [1.807, 2.05) is 54.7 Å². The SMILES string of the molecule is CC(C)c1ccc([C@H](c2c[nH]c3ccccc23)C2C(=O)OC(C)(C)OC2=O)cc1. The summed E-state index contributed by atoms with van der Waals surface area (Å²) in [6, 6.07) is 15.9. The summed E-state index contributed by atoms with van der Waals surface area (Å²) >= 11 is 0. The lowest BCUT2D eigenvalue weighted by molar-refractivity contribution is -0.240. The zero-order valence-corrected chi connectivity index (χ0v) is 17.1. The zero-order chi connectivity index (χ0) is 20.8. The highest BCUT2D eigenvalue weighted by Gasteiger charge is 2.48. The van der Waals surface area contributed by atoms with Crippen LogP contribution in [0.2, 0.25) is 0 Å². The highest BCUT2D eigenvalue weighted by atomic mass is 16.7. The van der Waals surface area contributed by atoms with Crippen molar-refractivity contribution in [2.75, 3.05) is 0 Å². The number of benzene rings is 2. The van der Waals surface area contributed by atoms with Crippen LogP contribution in [0.5, 0.6) is 0 Å². The lowest BCUT2D eigenvalue weighted by atomic mass is 9.79. The van der Waals surface area contributed by atoms with E-state index in [4.69, 9.17) is 9.47 Å². The van der Waals surface area contributed by atoms with Gasteiger partial charge in [0.2, 0.25) is 0 Å². The van der Waals surface area contributed by atoms with Crippen LogP contribution < -0.4 is 0 Å². The first kappa shape index (κ1) is 19.2. The van der Waals surface area contributed by atoms with Crippen LogP contribution >= 0.6 is 0 Å². The number of rotatable bonds is 4. The van der Waals surface area contributed by atoms with Gasteiger partial charge in [0.15, 0.2) is 5.92 Å². The summed E-state index contributed by atoms with van der Waals surface area (Å²) in [7, 11) is 0. The maximum absolute atomic E-state index is 12.9. The Labute approximate surface area is 170 Å². The van der Waals surface area contributed by atoms with E-state index in [0.29, 0.717) is 5.92 Å². The maximum Gasteiger partial charge on any atom is 0.324 e. The minimum atomic E-state index is -1.25. The molecule has 5 heteroatoms. The number of H-pyrrole nitrogens is 1. The molecule has 1 aliphatic rings. The summed E-state index contributed by atoms with van der Waals surface area (Å²) in [6.45, 7) is 7.39. The Bertz CT molecular complexity index is 1040. The van der Waals surface area contributed by atoms with Crippen LogP contribution in [0.1, 0.15) is 56.2 Å². The molecule has 1 fully saturated rings. The van der Waals surface area contributed by atoms with Crippen molar-refractivity contribution in [1.29, 1.82) is 0 Å². The fourth-order valence-electron chi connectivity index (χ4n) is 3.99. The number of fused-ring (bicyclic) bond motifs is 1. The third-order valence-corrected chi connectivity index (χ3v) is 5.45. The number of aromatic nitrogens is 1. The van der Waals surface area contributed by atoms with Gasteiger partial charge in [-0.15, -0.1) is 0 Å². The second-order valence-corrected chi connectivity index (χ2v) is 8.31. The van der Waals surface area contributed by atoms with Gasteiger partial charge in [-0.3, -0.25) is 9.59 Å². The lowest BCUT2D eigenvalue weighted by Crippen LogP contribution is -2.48. The van der Waals surface area contributed by atoms with Crippen LogP contribution in [0.25, 0.3) is 10.9 Å². The Morgan fingerprint density at radius 1 is 0.897 bits per heavy atom. The summed E-state index contributed by atoms with van der Waals surface area (Å²) in [6.07, 6.45) is 1.87. The second kappa shape index (κ2) is 7.07. The second-order valence-electron chi connectivity index (χ2n) is 8.31. The Morgan fingerprint density at radius 3 is 2.10 bits per heavy atom. The van der Waals surface area contributed by atoms with Crippen molar-refractivity contribution in [2.45, 2.75) is 45.3 Å². The number of cyclic esters (lactones) is 2. The van der Waals surface area contributed by atoms with Gasteiger partial charge >= 0.3 is 11.9 Å². The number of hydrogen-bond acceptors (Lipinski definition) is 4. The molecule has 0 amide bonds. The molecule has 0 saturated carbocycles. The van der Waals surface area contributed by atoms with Gasteiger partial charge in [0, 0.05) is 36.9 Å². The molecule has 0 unspecified atom stereocenters. The number of esters is 2. The van der Waals surface area contributed by atoms with E-state index < -0.39 is 29.6 Å². The van der Waals surface area contributed by atoms with Crippen LogP contribution in [0, 0.1) is 5.92 Å². The molecule has 3 aromatic rings. The molecule has 1 aliphatic heterocycles. The van der Waals surface area contributed by atoms with E-state index >= 15 is 0 Å². The summed E-state index contributed by atoms with van der Waals surface area (Å²) in [5, 5.41) is 0.968. The predicted octanol–water partition coefficient (Wildman–Crippen LogP) is 4.88. The number of carbonyl (C=O) groups excluding carboxylic acids is 2. The highest BCUT2D eigenvalue weighted by molar-refractivity contribution is 5.99. The first-order valence-corrected chi connectivity index (χ1v) is 9.88. The molecular formula is C24H25NO4. The van der Waals surface area contributed by atoms with Crippen molar-refractivity contribution in [1.82, 2.24) is 4.98 Å². The largest absolute Gasteiger partial charge is 0.422 e. The van der Waals surface area contributed by atoms with Crippen molar-refractivity contribution in [3.8, 4) is 0 Å². The molecule has 4 rings (SSSR count). The summed E-state index contributed by atoms with van der Waals surface area (Å²) in [5.74, 6) is -3.56. The number of hydrogen-bond donors (Lipinski definition) is 1. The molecule has 1 aromatic heterocycles. The molecule has 1 N–H and O–H groups in total. The zero-order valence-electron chi connectivity index (χ0n) is 17.1. The Hall–Kier alpha value is -3.08. The number of ether oxygens (including phenoxy) is 2. The van der Waals surface area contributed by atoms with Gasteiger partial charge in [-0.25, -0.2) is 0 Å². The molecular weight excluding hydrogens is 366 g/mol. The molecule has 1 atom stereocenters. The van der Waals surface area contributed by atoms with Crippen LogP contribution in [0.15, 0.2) is 54.7 Å². The molecule has 0 spiro atoms. The van der Waals surface area contributed by atoms with Gasteiger partial charge in [-0.1, -0.05) is 56.3 Å². The standard InChI is InChI=1S/C24H25NO4/c1-14(2)15-9-11-16(12-10-15)20(18-13-25-19-8-6-5-7-17(18)19)21-22(26)28-24(3,4)29-23(21)27/h5-14,20-21,25H,1-4H3/t20-/m1/s1. The lowest BCUT2D eigenvalue weighted by Gasteiger charge is -2.36. The van der Waals surface area contributed by atoms with Gasteiger partial charge in [0.05, 0.1) is 0 Å². The average Bonchev–Trinajstić information content (AvgIpc) is 3.08. The average molecular weight is 391 g/mol. The Balaban J connectivity index is 1.86. The van der Waals surface area contributed by atoms with Gasteiger partial charge in [-0.2, -0.15) is 0 Å². The molecule has 0 radical (unpaired) electrons. The van der Waals surface area contributed by atoms with Crippen LogP contribution in [0.3, 0.4) is 0 Å². The van der Waals surface area contributed by atoms with Crippen molar-refractivity contribution in [3.05, 3.63) is 71.4 Å². The highest BCUT2D eigenvalue weighted by Crippen LogP contribution is 2.41. The third kappa shape index (κ3) is 3.53. The first-order chi connectivity index (χ1) is 13.8. The maximum atomic E-state index is 12.9. The van der Waals surface area contributed by atoms with E-state index in [9.17, 15) is 9.59 Å².